The van der Waals surface area contributed by atoms with Gasteiger partial charge in [-0.3, -0.25) is 0 Å². The molecule has 0 unspecified atom stereocenters. The van der Waals surface area contributed by atoms with Crippen LogP contribution in [0.4, 0.5) is 0 Å². The fourth-order valence-corrected chi connectivity index (χ4v) is 1.59. The summed E-state index contributed by atoms with van der Waals surface area (Å²) in [6.07, 6.45) is 2.92. The quantitative estimate of drug-likeness (QED) is 0.637. The SMILES string of the molecule is CC(C)=CCc1c(Cl)cccc1Cl. The van der Waals surface area contributed by atoms with Gasteiger partial charge in [-0.05, 0) is 38.0 Å². The molecular formula is C11H12Cl2. The van der Waals surface area contributed by atoms with Crippen molar-refractivity contribution >= 4 is 23.2 Å². The van der Waals surface area contributed by atoms with Crippen molar-refractivity contribution in [1.29, 1.82) is 0 Å². The molecule has 0 spiro atoms. The van der Waals surface area contributed by atoms with Crippen molar-refractivity contribution in [2.45, 2.75) is 20.3 Å². The van der Waals surface area contributed by atoms with Gasteiger partial charge in [0, 0.05) is 10.0 Å². The fraction of sp³-hybridized carbons (Fsp3) is 0.273. The van der Waals surface area contributed by atoms with Crippen molar-refractivity contribution in [1.82, 2.24) is 0 Å². The maximum Gasteiger partial charge on any atom is 0.0456 e. The zero-order chi connectivity index (χ0) is 9.84. The van der Waals surface area contributed by atoms with Gasteiger partial charge in [0.2, 0.25) is 0 Å². The maximum atomic E-state index is 6.00. The van der Waals surface area contributed by atoms with E-state index in [-0.39, 0.29) is 0 Å². The molecule has 0 aliphatic heterocycles. The molecule has 0 fully saturated rings. The lowest BCUT2D eigenvalue weighted by Gasteiger charge is -2.03. The summed E-state index contributed by atoms with van der Waals surface area (Å²) in [5, 5.41) is 1.48. The average Bonchev–Trinajstić information content (AvgIpc) is 2.03. The number of benzene rings is 1. The fourth-order valence-electron chi connectivity index (χ4n) is 1.03. The second-order valence-electron chi connectivity index (χ2n) is 3.19. The minimum absolute atomic E-state index is 0.741. The maximum absolute atomic E-state index is 6.00. The van der Waals surface area contributed by atoms with Gasteiger partial charge in [0.05, 0.1) is 0 Å². The summed E-state index contributed by atoms with van der Waals surface area (Å²) in [5.74, 6) is 0. The van der Waals surface area contributed by atoms with E-state index in [1.807, 2.05) is 18.2 Å². The van der Waals surface area contributed by atoms with Crippen molar-refractivity contribution in [3.63, 3.8) is 0 Å². The highest BCUT2D eigenvalue weighted by atomic mass is 35.5. The van der Waals surface area contributed by atoms with Gasteiger partial charge in [-0.25, -0.2) is 0 Å². The predicted octanol–water partition coefficient (Wildman–Crippen LogP) is 4.50. The van der Waals surface area contributed by atoms with Crippen molar-refractivity contribution in [3.8, 4) is 0 Å². The van der Waals surface area contributed by atoms with E-state index in [0.29, 0.717) is 0 Å². The van der Waals surface area contributed by atoms with Crippen LogP contribution in [0.1, 0.15) is 19.4 Å². The predicted molar refractivity (Wildman–Crippen MR) is 59.6 cm³/mol. The molecule has 0 saturated heterocycles. The molecule has 1 rings (SSSR count). The number of hydrogen-bond acceptors (Lipinski definition) is 0. The van der Waals surface area contributed by atoms with Crippen LogP contribution in [0, 0.1) is 0 Å². The third-order valence-electron chi connectivity index (χ3n) is 1.78. The summed E-state index contributed by atoms with van der Waals surface area (Å²) < 4.78 is 0. The van der Waals surface area contributed by atoms with Crippen LogP contribution in [-0.2, 0) is 6.42 Å². The Labute approximate surface area is 89.2 Å². The van der Waals surface area contributed by atoms with E-state index < -0.39 is 0 Å². The Morgan fingerprint density at radius 2 is 1.77 bits per heavy atom. The standard InChI is InChI=1S/C11H12Cl2/c1-8(2)6-7-9-10(12)4-3-5-11(9)13/h3-6H,7H2,1-2H3. The second-order valence-corrected chi connectivity index (χ2v) is 4.00. The lowest BCUT2D eigenvalue weighted by molar-refractivity contribution is 1.21. The van der Waals surface area contributed by atoms with Gasteiger partial charge in [-0.1, -0.05) is 40.9 Å². The molecule has 0 amide bonds. The summed E-state index contributed by atoms with van der Waals surface area (Å²) in [6, 6.07) is 5.58. The van der Waals surface area contributed by atoms with E-state index in [4.69, 9.17) is 23.2 Å². The van der Waals surface area contributed by atoms with Crippen LogP contribution < -0.4 is 0 Å². The average molecular weight is 215 g/mol. The summed E-state index contributed by atoms with van der Waals surface area (Å²) in [6.45, 7) is 4.12. The van der Waals surface area contributed by atoms with Gasteiger partial charge >= 0.3 is 0 Å². The highest BCUT2D eigenvalue weighted by Crippen LogP contribution is 2.25. The van der Waals surface area contributed by atoms with Crippen molar-refractivity contribution in [2.24, 2.45) is 0 Å². The van der Waals surface area contributed by atoms with Crippen LogP contribution in [0.5, 0.6) is 0 Å². The number of halogens is 2. The number of allylic oxidation sites excluding steroid dienone is 2. The van der Waals surface area contributed by atoms with E-state index >= 15 is 0 Å². The van der Waals surface area contributed by atoms with Gasteiger partial charge < -0.3 is 0 Å². The largest absolute Gasteiger partial charge is 0.0840 e. The molecule has 1 aromatic rings. The topological polar surface area (TPSA) is 0 Å². The molecule has 0 aromatic heterocycles. The molecule has 13 heavy (non-hydrogen) atoms. The Bertz CT molecular complexity index is 303. The van der Waals surface area contributed by atoms with Crippen LogP contribution in [0.2, 0.25) is 10.0 Å². The third-order valence-corrected chi connectivity index (χ3v) is 2.48. The molecule has 0 saturated carbocycles. The van der Waals surface area contributed by atoms with Crippen LogP contribution in [0.3, 0.4) is 0 Å². The van der Waals surface area contributed by atoms with Crippen LogP contribution in [0.25, 0.3) is 0 Å². The molecular weight excluding hydrogens is 203 g/mol. The first kappa shape index (κ1) is 10.6. The lowest BCUT2D eigenvalue weighted by atomic mass is 10.1. The Morgan fingerprint density at radius 1 is 1.23 bits per heavy atom. The van der Waals surface area contributed by atoms with Crippen molar-refractivity contribution in [3.05, 3.63) is 45.5 Å². The highest BCUT2D eigenvalue weighted by molar-refractivity contribution is 6.36. The Hall–Kier alpha value is -0.460. The first-order valence-electron chi connectivity index (χ1n) is 4.17. The zero-order valence-electron chi connectivity index (χ0n) is 7.77. The first-order valence-corrected chi connectivity index (χ1v) is 4.93. The molecule has 0 aliphatic carbocycles. The molecule has 0 N–H and O–H groups in total. The summed E-state index contributed by atoms with van der Waals surface area (Å²) in [5.41, 5.74) is 2.28. The molecule has 0 atom stereocenters. The lowest BCUT2D eigenvalue weighted by Crippen LogP contribution is -1.85. The van der Waals surface area contributed by atoms with Gasteiger partial charge in [-0.15, -0.1) is 0 Å². The minimum atomic E-state index is 0.741. The highest BCUT2D eigenvalue weighted by Gasteiger charge is 2.02. The van der Waals surface area contributed by atoms with Gasteiger partial charge in [0.1, 0.15) is 0 Å². The Morgan fingerprint density at radius 3 is 2.23 bits per heavy atom. The monoisotopic (exact) mass is 214 g/mol. The van der Waals surface area contributed by atoms with E-state index in [9.17, 15) is 0 Å². The van der Waals surface area contributed by atoms with Crippen LogP contribution in [0.15, 0.2) is 29.8 Å². The second kappa shape index (κ2) is 4.69. The van der Waals surface area contributed by atoms with Gasteiger partial charge in [0.15, 0.2) is 0 Å². The zero-order valence-corrected chi connectivity index (χ0v) is 9.28. The summed E-state index contributed by atoms with van der Waals surface area (Å²) in [4.78, 5) is 0. The van der Waals surface area contributed by atoms with Gasteiger partial charge in [0.25, 0.3) is 0 Å². The van der Waals surface area contributed by atoms with E-state index in [0.717, 1.165) is 22.0 Å². The molecule has 2 heteroatoms. The minimum Gasteiger partial charge on any atom is -0.0840 e. The summed E-state index contributed by atoms with van der Waals surface area (Å²) >= 11 is 12.0. The van der Waals surface area contributed by atoms with Crippen molar-refractivity contribution in [2.75, 3.05) is 0 Å². The first-order chi connectivity index (χ1) is 6.11. The molecule has 0 aliphatic rings. The number of rotatable bonds is 2. The van der Waals surface area contributed by atoms with E-state index in [1.165, 1.54) is 5.57 Å². The van der Waals surface area contributed by atoms with E-state index in [1.54, 1.807) is 0 Å². The van der Waals surface area contributed by atoms with E-state index in [2.05, 4.69) is 19.9 Å². The normalized spacial score (nSPS) is 9.85. The third kappa shape index (κ3) is 3.06. The smallest absolute Gasteiger partial charge is 0.0456 e. The number of hydrogen-bond donors (Lipinski definition) is 0. The Kier molecular flexibility index (Phi) is 3.83. The Balaban J connectivity index is 2.94. The van der Waals surface area contributed by atoms with Crippen LogP contribution >= 0.6 is 23.2 Å². The molecule has 1 aromatic carbocycles. The summed E-state index contributed by atoms with van der Waals surface area (Å²) in [7, 11) is 0. The molecule has 0 heterocycles. The van der Waals surface area contributed by atoms with Gasteiger partial charge in [-0.2, -0.15) is 0 Å². The molecule has 0 radical (unpaired) electrons. The van der Waals surface area contributed by atoms with Crippen molar-refractivity contribution < 1.29 is 0 Å². The molecule has 0 nitrogen and oxygen atoms in total. The molecule has 70 valence electrons. The molecule has 0 bridgehead atoms. The van der Waals surface area contributed by atoms with Crippen LogP contribution in [-0.4, -0.2) is 0 Å².